The molecule has 0 unspecified atom stereocenters. The fourth-order valence-corrected chi connectivity index (χ4v) is 3.96. The molecule has 0 radical (unpaired) electrons. The lowest BCUT2D eigenvalue weighted by molar-refractivity contribution is -0.133. The number of fused-ring (bicyclic) bond motifs is 2. The van der Waals surface area contributed by atoms with Crippen molar-refractivity contribution in [1.82, 2.24) is 15.2 Å². The van der Waals surface area contributed by atoms with Gasteiger partial charge in [-0.15, -0.1) is 6.42 Å². The predicted molar refractivity (Wildman–Crippen MR) is 96.3 cm³/mol. The van der Waals surface area contributed by atoms with Crippen LogP contribution in [0.2, 0.25) is 0 Å². The number of hydrogen-bond donors (Lipinski definition) is 2. The number of benzene rings is 1. The Morgan fingerprint density at radius 1 is 1.46 bits per heavy atom. The van der Waals surface area contributed by atoms with Gasteiger partial charge in [0.05, 0.1) is 12.5 Å². The van der Waals surface area contributed by atoms with E-state index in [1.54, 1.807) is 4.90 Å². The maximum absolute atomic E-state index is 12.8. The van der Waals surface area contributed by atoms with Crippen molar-refractivity contribution in [1.29, 1.82) is 0 Å². The second-order valence-electron chi connectivity index (χ2n) is 6.49. The van der Waals surface area contributed by atoms with Crippen molar-refractivity contribution < 1.29 is 4.79 Å². The molecule has 4 heteroatoms. The lowest BCUT2D eigenvalue weighted by Crippen LogP contribution is -2.46. The Morgan fingerprint density at radius 2 is 2.33 bits per heavy atom. The number of carbonyl (C=O) groups excluding carboxylic acids is 1. The monoisotopic (exact) mass is 319 g/mol. The molecule has 2 heterocycles. The number of aromatic amines is 1. The lowest BCUT2D eigenvalue weighted by Gasteiger charge is -2.34. The topological polar surface area (TPSA) is 48.1 Å². The molecule has 0 saturated carbocycles. The lowest BCUT2D eigenvalue weighted by atomic mass is 9.80. The molecule has 1 aromatic carbocycles. The molecule has 0 spiro atoms. The summed E-state index contributed by atoms with van der Waals surface area (Å²) in [6, 6.07) is 6.62. The minimum absolute atomic E-state index is 0.112. The fraction of sp³-hybridized carbons (Fsp3) is 0.350. The third kappa shape index (κ3) is 2.24. The summed E-state index contributed by atoms with van der Waals surface area (Å²) in [7, 11) is 0. The van der Waals surface area contributed by atoms with Crippen LogP contribution in [0.4, 0.5) is 0 Å². The summed E-state index contributed by atoms with van der Waals surface area (Å²) in [6.07, 6.45) is 10.6. The largest absolute Gasteiger partial charge is 0.361 e. The van der Waals surface area contributed by atoms with Crippen molar-refractivity contribution in [2.75, 3.05) is 19.6 Å². The summed E-state index contributed by atoms with van der Waals surface area (Å²) in [6.45, 7) is 3.65. The van der Waals surface area contributed by atoms with Gasteiger partial charge in [-0.3, -0.25) is 4.79 Å². The fourth-order valence-electron chi connectivity index (χ4n) is 3.96. The number of nitrogens with zero attached hydrogens (tertiary/aromatic N) is 1. The zero-order valence-electron chi connectivity index (χ0n) is 13.8. The van der Waals surface area contributed by atoms with E-state index in [1.807, 2.05) is 6.92 Å². The van der Waals surface area contributed by atoms with Crippen LogP contribution in [0.3, 0.4) is 0 Å². The molecule has 2 aliphatic rings. The van der Waals surface area contributed by atoms with Gasteiger partial charge in [0, 0.05) is 36.2 Å². The number of terminal acetylenes is 1. The summed E-state index contributed by atoms with van der Waals surface area (Å²) >= 11 is 0. The number of amides is 1. The van der Waals surface area contributed by atoms with Crippen molar-refractivity contribution >= 4 is 22.4 Å². The molecule has 4 rings (SSSR count). The Morgan fingerprint density at radius 3 is 3.12 bits per heavy atom. The van der Waals surface area contributed by atoms with E-state index in [1.165, 1.54) is 22.1 Å². The third-order valence-corrected chi connectivity index (χ3v) is 5.16. The van der Waals surface area contributed by atoms with E-state index in [9.17, 15) is 4.79 Å². The van der Waals surface area contributed by atoms with Gasteiger partial charge in [0.15, 0.2) is 0 Å². The highest BCUT2D eigenvalue weighted by atomic mass is 16.2. The standard InChI is InChI=1S/C20H21N3O/c1-3-8-23(4-2)20(24)14-9-16-15-6-5-7-17-19(15)13(11-21-17)10-18(16)22-12-14/h1,5-7,9,11,14,18,21-22H,4,8,10,12H2,2H3/t14-,18-/m1/s1. The molecule has 2 atom stereocenters. The quantitative estimate of drug-likeness (QED) is 0.852. The average Bonchev–Trinajstić information content (AvgIpc) is 3.03. The van der Waals surface area contributed by atoms with E-state index in [0.717, 1.165) is 11.9 Å². The molecule has 2 N–H and O–H groups in total. The summed E-state index contributed by atoms with van der Waals surface area (Å²) in [5.41, 5.74) is 5.00. The van der Waals surface area contributed by atoms with Crippen LogP contribution in [0.25, 0.3) is 16.5 Å². The normalized spacial score (nSPS) is 21.8. The van der Waals surface area contributed by atoms with Crippen LogP contribution in [0.15, 0.2) is 30.5 Å². The van der Waals surface area contributed by atoms with Gasteiger partial charge in [0.25, 0.3) is 0 Å². The number of carbonyl (C=O) groups is 1. The summed E-state index contributed by atoms with van der Waals surface area (Å²) in [5, 5.41) is 4.86. The Balaban J connectivity index is 1.73. The van der Waals surface area contributed by atoms with Crippen LogP contribution in [0, 0.1) is 18.3 Å². The van der Waals surface area contributed by atoms with Crippen LogP contribution < -0.4 is 5.32 Å². The summed E-state index contributed by atoms with van der Waals surface area (Å²) < 4.78 is 0. The molecule has 1 aromatic heterocycles. The first kappa shape index (κ1) is 15.0. The Hall–Kier alpha value is -2.51. The highest BCUT2D eigenvalue weighted by Crippen LogP contribution is 2.38. The minimum Gasteiger partial charge on any atom is -0.361 e. The zero-order chi connectivity index (χ0) is 16.7. The number of H-pyrrole nitrogens is 1. The first-order valence-electron chi connectivity index (χ1n) is 8.49. The van der Waals surface area contributed by atoms with Crippen molar-refractivity contribution in [3.8, 4) is 12.3 Å². The smallest absolute Gasteiger partial charge is 0.231 e. The highest BCUT2D eigenvalue weighted by Gasteiger charge is 2.33. The second-order valence-corrected chi connectivity index (χ2v) is 6.49. The predicted octanol–water partition coefficient (Wildman–Crippen LogP) is 2.18. The molecule has 122 valence electrons. The van der Waals surface area contributed by atoms with Crippen molar-refractivity contribution in [3.05, 3.63) is 41.6 Å². The van der Waals surface area contributed by atoms with Crippen LogP contribution in [-0.2, 0) is 11.2 Å². The number of hydrogen-bond acceptors (Lipinski definition) is 2. The molecule has 24 heavy (non-hydrogen) atoms. The van der Waals surface area contributed by atoms with Gasteiger partial charge in [0.1, 0.15) is 0 Å². The van der Waals surface area contributed by atoms with Gasteiger partial charge in [-0.1, -0.05) is 24.1 Å². The van der Waals surface area contributed by atoms with Crippen molar-refractivity contribution in [3.63, 3.8) is 0 Å². The zero-order valence-corrected chi connectivity index (χ0v) is 13.8. The van der Waals surface area contributed by atoms with Crippen LogP contribution in [-0.4, -0.2) is 41.5 Å². The van der Waals surface area contributed by atoms with E-state index in [2.05, 4.69) is 46.7 Å². The Bertz CT molecular complexity index is 871. The van der Waals surface area contributed by atoms with Gasteiger partial charge >= 0.3 is 0 Å². The molecule has 0 bridgehead atoms. The maximum Gasteiger partial charge on any atom is 0.231 e. The van der Waals surface area contributed by atoms with Gasteiger partial charge in [-0.25, -0.2) is 0 Å². The molecular formula is C20H21N3O. The van der Waals surface area contributed by atoms with Crippen LogP contribution >= 0.6 is 0 Å². The number of aromatic nitrogens is 1. The molecule has 2 aromatic rings. The van der Waals surface area contributed by atoms with Gasteiger partial charge in [-0.2, -0.15) is 0 Å². The molecule has 0 fully saturated rings. The van der Waals surface area contributed by atoms with Crippen LogP contribution in [0.5, 0.6) is 0 Å². The number of rotatable bonds is 3. The summed E-state index contributed by atoms with van der Waals surface area (Å²) in [5.74, 6) is 2.54. The van der Waals surface area contributed by atoms with E-state index in [0.29, 0.717) is 19.6 Å². The van der Waals surface area contributed by atoms with Gasteiger partial charge in [0.2, 0.25) is 5.91 Å². The molecule has 4 nitrogen and oxygen atoms in total. The Labute approximate surface area is 141 Å². The highest BCUT2D eigenvalue weighted by molar-refractivity contribution is 5.99. The van der Waals surface area contributed by atoms with E-state index in [4.69, 9.17) is 6.42 Å². The van der Waals surface area contributed by atoms with Crippen molar-refractivity contribution in [2.24, 2.45) is 5.92 Å². The summed E-state index contributed by atoms with van der Waals surface area (Å²) in [4.78, 5) is 17.9. The van der Waals surface area contributed by atoms with E-state index >= 15 is 0 Å². The SMILES string of the molecule is C#CCN(CC)C(=O)[C@@H]1C=C2c3cccc4[nH]cc(c34)C[C@H]2NC1. The molecular weight excluding hydrogens is 298 g/mol. The first-order chi connectivity index (χ1) is 11.7. The molecule has 1 aliphatic carbocycles. The maximum atomic E-state index is 12.8. The van der Waals surface area contributed by atoms with Crippen LogP contribution in [0.1, 0.15) is 18.1 Å². The Kier molecular flexibility index (Phi) is 3.66. The second kappa shape index (κ2) is 5.85. The van der Waals surface area contributed by atoms with E-state index < -0.39 is 0 Å². The third-order valence-electron chi connectivity index (χ3n) is 5.16. The minimum atomic E-state index is -0.153. The van der Waals surface area contributed by atoms with Gasteiger partial charge in [-0.05, 0) is 36.1 Å². The average molecular weight is 319 g/mol. The molecule has 0 saturated heterocycles. The molecule has 1 amide bonds. The first-order valence-corrected chi connectivity index (χ1v) is 8.49. The number of nitrogens with one attached hydrogen (secondary N) is 2. The molecule has 1 aliphatic heterocycles. The van der Waals surface area contributed by atoms with Crippen molar-refractivity contribution in [2.45, 2.75) is 19.4 Å². The van der Waals surface area contributed by atoms with E-state index in [-0.39, 0.29) is 17.9 Å². The van der Waals surface area contributed by atoms with Gasteiger partial charge < -0.3 is 15.2 Å².